The summed E-state index contributed by atoms with van der Waals surface area (Å²) in [6.07, 6.45) is 6.63. The highest BCUT2D eigenvalue weighted by Crippen LogP contribution is 2.32. The van der Waals surface area contributed by atoms with Gasteiger partial charge in [-0.15, -0.1) is 5.10 Å². The van der Waals surface area contributed by atoms with Crippen LogP contribution in [0.5, 0.6) is 11.5 Å². The minimum Gasteiger partial charge on any atom is -0.497 e. The van der Waals surface area contributed by atoms with Gasteiger partial charge in [0.2, 0.25) is 0 Å². The van der Waals surface area contributed by atoms with Crippen LogP contribution in [0.4, 0.5) is 0 Å². The molecule has 0 aliphatic heterocycles. The molecule has 214 valence electrons. The maximum atomic E-state index is 13.7. The molecule has 1 aliphatic rings. The van der Waals surface area contributed by atoms with Gasteiger partial charge in [0, 0.05) is 11.6 Å². The zero-order chi connectivity index (χ0) is 29.9. The van der Waals surface area contributed by atoms with Crippen molar-refractivity contribution < 1.29 is 19.1 Å². The van der Waals surface area contributed by atoms with Crippen molar-refractivity contribution in [1.29, 1.82) is 0 Å². The molecule has 1 aliphatic carbocycles. The molecular formula is C35H35N3O4. The number of Topliss-reactive ketones (excluding diaryl/α,β-unsaturated/α-hetero) is 1. The lowest BCUT2D eigenvalue weighted by atomic mass is 9.84. The number of aromatic nitrogens is 3. The molecule has 0 spiro atoms. The smallest absolute Gasteiger partial charge is 0.196 e. The number of aryl methyl sites for hydroxylation is 1. The van der Waals surface area contributed by atoms with Gasteiger partial charge in [-0.3, -0.25) is 9.59 Å². The fourth-order valence-corrected chi connectivity index (χ4v) is 4.95. The first-order valence-corrected chi connectivity index (χ1v) is 14.0. The average Bonchev–Trinajstić information content (AvgIpc) is 3.43. The van der Waals surface area contributed by atoms with Gasteiger partial charge in [0.05, 0.1) is 31.3 Å². The molecule has 4 aromatic rings. The molecule has 3 aromatic carbocycles. The molecule has 0 bridgehead atoms. The molecule has 7 nitrogen and oxygen atoms in total. The number of hydrogen-bond donors (Lipinski definition) is 0. The Hall–Kier alpha value is -4.78. The lowest BCUT2D eigenvalue weighted by Crippen LogP contribution is -2.16. The molecule has 1 atom stereocenters. The van der Waals surface area contributed by atoms with Gasteiger partial charge in [-0.05, 0) is 58.9 Å². The Morgan fingerprint density at radius 1 is 1.00 bits per heavy atom. The van der Waals surface area contributed by atoms with Crippen LogP contribution in [0.25, 0.3) is 0 Å². The van der Waals surface area contributed by atoms with Crippen molar-refractivity contribution in [2.24, 2.45) is 0 Å². The van der Waals surface area contributed by atoms with Crippen LogP contribution in [0.3, 0.4) is 0 Å². The van der Waals surface area contributed by atoms with E-state index in [0.717, 1.165) is 16.7 Å². The second kappa shape index (κ2) is 12.0. The molecule has 0 radical (unpaired) electrons. The summed E-state index contributed by atoms with van der Waals surface area (Å²) in [5.74, 6) is 0.116. The summed E-state index contributed by atoms with van der Waals surface area (Å²) in [4.78, 5) is 26.4. The van der Waals surface area contributed by atoms with E-state index < -0.39 is 5.92 Å². The first-order valence-electron chi connectivity index (χ1n) is 14.0. The number of ketones is 2. The Morgan fingerprint density at radius 2 is 1.76 bits per heavy atom. The molecular weight excluding hydrogens is 526 g/mol. The van der Waals surface area contributed by atoms with Gasteiger partial charge in [-0.25, -0.2) is 4.68 Å². The van der Waals surface area contributed by atoms with E-state index in [4.69, 9.17) is 9.47 Å². The van der Waals surface area contributed by atoms with Gasteiger partial charge in [0.15, 0.2) is 11.6 Å². The molecule has 42 heavy (non-hydrogen) atoms. The number of carbonyl (C=O) groups is 2. The third-order valence-electron chi connectivity index (χ3n) is 7.43. The number of hydrogen-bond acceptors (Lipinski definition) is 6. The quantitative estimate of drug-likeness (QED) is 0.216. The van der Waals surface area contributed by atoms with E-state index in [2.05, 4.69) is 55.3 Å². The highest BCUT2D eigenvalue weighted by atomic mass is 16.5. The van der Waals surface area contributed by atoms with Gasteiger partial charge in [0.25, 0.3) is 0 Å². The largest absolute Gasteiger partial charge is 0.497 e. The van der Waals surface area contributed by atoms with Crippen molar-refractivity contribution in [3.05, 3.63) is 130 Å². The van der Waals surface area contributed by atoms with Gasteiger partial charge in [-0.2, -0.15) is 0 Å². The molecule has 1 unspecified atom stereocenters. The van der Waals surface area contributed by atoms with E-state index in [1.165, 1.54) is 11.6 Å². The summed E-state index contributed by atoms with van der Waals surface area (Å²) in [6.45, 7) is 9.25. The number of ether oxygens (including phenoxy) is 2. The number of allylic oxidation sites excluding steroid dienone is 4. The molecule has 1 heterocycles. The fraction of sp³-hybridized carbons (Fsp3) is 0.257. The predicted molar refractivity (Wildman–Crippen MR) is 162 cm³/mol. The van der Waals surface area contributed by atoms with E-state index in [0.29, 0.717) is 34.9 Å². The van der Waals surface area contributed by atoms with E-state index in [-0.39, 0.29) is 23.6 Å². The Labute approximate surface area is 246 Å². The highest BCUT2D eigenvalue weighted by molar-refractivity contribution is 6.15. The van der Waals surface area contributed by atoms with Crippen LogP contribution in [0, 0.1) is 6.92 Å². The standard InChI is InChI=1S/C35H35N3O4/c1-23-8-6-7-9-29(23)31-18-25(12-17-32(31)39)34(40)30-16-15-28(41-5)19-33(30)42-22-27-21-38(37-36-27)20-24-10-13-26(14-11-24)35(2,3)4/h6-19,21,31H,20,22H2,1-5H3. The van der Waals surface area contributed by atoms with Gasteiger partial charge >= 0.3 is 0 Å². The third kappa shape index (κ3) is 6.41. The summed E-state index contributed by atoms with van der Waals surface area (Å²) in [7, 11) is 1.56. The van der Waals surface area contributed by atoms with Crippen LogP contribution in [0.1, 0.15) is 65.0 Å². The molecule has 1 aromatic heterocycles. The number of carbonyl (C=O) groups excluding carboxylic acids is 2. The maximum absolute atomic E-state index is 13.7. The second-order valence-electron chi connectivity index (χ2n) is 11.5. The summed E-state index contributed by atoms with van der Waals surface area (Å²) in [5, 5.41) is 8.52. The van der Waals surface area contributed by atoms with Crippen LogP contribution in [0.15, 0.2) is 96.7 Å². The van der Waals surface area contributed by atoms with Crippen molar-refractivity contribution >= 4 is 11.6 Å². The zero-order valence-electron chi connectivity index (χ0n) is 24.6. The number of methoxy groups -OCH3 is 1. The topological polar surface area (TPSA) is 83.3 Å². The number of benzene rings is 3. The van der Waals surface area contributed by atoms with E-state index in [1.54, 1.807) is 42.1 Å². The fourth-order valence-electron chi connectivity index (χ4n) is 4.95. The zero-order valence-corrected chi connectivity index (χ0v) is 24.6. The first kappa shape index (κ1) is 28.7. The van der Waals surface area contributed by atoms with Crippen molar-refractivity contribution in [1.82, 2.24) is 15.0 Å². The van der Waals surface area contributed by atoms with Gasteiger partial charge in [0.1, 0.15) is 23.8 Å². The van der Waals surface area contributed by atoms with Gasteiger partial charge in [-0.1, -0.05) is 80.6 Å². The minimum atomic E-state index is -0.516. The lowest BCUT2D eigenvalue weighted by molar-refractivity contribution is -0.115. The normalized spacial score (nSPS) is 14.9. The van der Waals surface area contributed by atoms with Crippen molar-refractivity contribution in [2.45, 2.75) is 52.2 Å². The second-order valence-corrected chi connectivity index (χ2v) is 11.5. The van der Waals surface area contributed by atoms with Crippen LogP contribution in [0.2, 0.25) is 0 Å². The van der Waals surface area contributed by atoms with E-state index >= 15 is 0 Å². The predicted octanol–water partition coefficient (Wildman–Crippen LogP) is 6.55. The molecule has 0 saturated heterocycles. The summed E-state index contributed by atoms with van der Waals surface area (Å²) in [5.41, 5.74) is 5.81. The Morgan fingerprint density at radius 3 is 2.48 bits per heavy atom. The lowest BCUT2D eigenvalue weighted by Gasteiger charge is -2.19. The van der Waals surface area contributed by atoms with Crippen LogP contribution in [-0.2, 0) is 23.4 Å². The van der Waals surface area contributed by atoms with Crippen LogP contribution >= 0.6 is 0 Å². The Kier molecular flexibility index (Phi) is 8.20. The average molecular weight is 562 g/mol. The maximum Gasteiger partial charge on any atom is 0.196 e. The molecule has 0 saturated carbocycles. The number of rotatable bonds is 9. The van der Waals surface area contributed by atoms with Crippen molar-refractivity contribution in [3.8, 4) is 11.5 Å². The SMILES string of the molecule is COc1ccc(C(=O)C2=CC(c3ccccc3C)C(=O)C=C2)c(OCc2cn(Cc3ccc(C(C)(C)C)cc3)nn2)c1. The van der Waals surface area contributed by atoms with Crippen LogP contribution < -0.4 is 9.47 Å². The highest BCUT2D eigenvalue weighted by Gasteiger charge is 2.26. The molecule has 0 amide bonds. The molecule has 5 rings (SSSR count). The van der Waals surface area contributed by atoms with Crippen LogP contribution in [-0.4, -0.2) is 33.7 Å². The van der Waals surface area contributed by atoms with Crippen molar-refractivity contribution in [3.63, 3.8) is 0 Å². The molecule has 0 N–H and O–H groups in total. The Balaban J connectivity index is 1.33. The molecule has 0 fully saturated rings. The third-order valence-corrected chi connectivity index (χ3v) is 7.43. The van der Waals surface area contributed by atoms with E-state index in [9.17, 15) is 9.59 Å². The first-order chi connectivity index (χ1) is 20.1. The summed E-state index contributed by atoms with van der Waals surface area (Å²) < 4.78 is 13.3. The van der Waals surface area contributed by atoms with Gasteiger partial charge < -0.3 is 9.47 Å². The van der Waals surface area contributed by atoms with E-state index in [1.807, 2.05) is 37.4 Å². The Bertz CT molecular complexity index is 1670. The summed E-state index contributed by atoms with van der Waals surface area (Å²) >= 11 is 0. The molecule has 7 heteroatoms. The minimum absolute atomic E-state index is 0.0553. The van der Waals surface area contributed by atoms with Crippen molar-refractivity contribution in [2.75, 3.05) is 7.11 Å². The summed E-state index contributed by atoms with van der Waals surface area (Å²) in [6, 6.07) is 21.3. The number of nitrogens with zero attached hydrogens (tertiary/aromatic N) is 3. The monoisotopic (exact) mass is 561 g/mol.